The van der Waals surface area contributed by atoms with Gasteiger partial charge in [0.1, 0.15) is 12.4 Å². The first kappa shape index (κ1) is 16.5. The number of benzene rings is 2. The first-order valence-corrected chi connectivity index (χ1v) is 7.87. The number of rotatable bonds is 5. The molecule has 0 fully saturated rings. The fourth-order valence-corrected chi connectivity index (χ4v) is 2.86. The van der Waals surface area contributed by atoms with E-state index >= 15 is 0 Å². The van der Waals surface area contributed by atoms with Crippen LogP contribution in [-0.2, 0) is 0 Å². The zero-order valence-electron chi connectivity index (χ0n) is 13.3. The van der Waals surface area contributed by atoms with Gasteiger partial charge in [0.25, 0.3) is 0 Å². The van der Waals surface area contributed by atoms with Gasteiger partial charge in [0, 0.05) is 17.4 Å². The van der Waals surface area contributed by atoms with Crippen LogP contribution >= 0.6 is 0 Å². The van der Waals surface area contributed by atoms with Gasteiger partial charge in [-0.2, -0.15) is 8.78 Å². The lowest BCUT2D eigenvalue weighted by molar-refractivity contribution is -0.0392. The van der Waals surface area contributed by atoms with Crippen molar-refractivity contribution in [3.63, 3.8) is 0 Å². The van der Waals surface area contributed by atoms with E-state index in [1.54, 1.807) is 25.1 Å². The fraction of sp³-hybridized carbons (Fsp3) is 0.333. The molecule has 1 heterocycles. The van der Waals surface area contributed by atoms with Crippen LogP contribution in [0.15, 0.2) is 48.5 Å². The molecule has 3 rings (SSSR count). The molecule has 1 atom stereocenters. The second kappa shape index (κ2) is 6.63. The summed E-state index contributed by atoms with van der Waals surface area (Å²) in [5, 5.41) is 3.19. The molecule has 3 nitrogen and oxygen atoms in total. The van der Waals surface area contributed by atoms with E-state index in [9.17, 15) is 13.2 Å². The molecule has 1 aliphatic rings. The predicted molar refractivity (Wildman–Crippen MR) is 89.1 cm³/mol. The largest absolute Gasteiger partial charge is 0.489 e. The van der Waals surface area contributed by atoms with Gasteiger partial charge in [0.2, 0.25) is 0 Å². The second-order valence-corrected chi connectivity index (χ2v) is 5.72. The Morgan fingerprint density at radius 2 is 1.92 bits per heavy atom. The number of anilines is 3. The zero-order valence-corrected chi connectivity index (χ0v) is 13.3. The van der Waals surface area contributed by atoms with Crippen LogP contribution in [-0.4, -0.2) is 25.4 Å². The van der Waals surface area contributed by atoms with Gasteiger partial charge in [-0.25, -0.2) is 4.39 Å². The van der Waals surface area contributed by atoms with Gasteiger partial charge in [-0.05, 0) is 30.7 Å². The van der Waals surface area contributed by atoms with E-state index in [1.807, 2.05) is 30.3 Å². The summed E-state index contributed by atoms with van der Waals surface area (Å²) in [6.45, 7) is 0.159. The molecule has 2 aromatic carbocycles. The summed E-state index contributed by atoms with van der Waals surface area (Å²) in [6.07, 6.45) is 0.443. The molecule has 0 aliphatic carbocycles. The van der Waals surface area contributed by atoms with Gasteiger partial charge in [-0.15, -0.1) is 0 Å². The van der Waals surface area contributed by atoms with Crippen LogP contribution in [0.1, 0.15) is 13.3 Å². The van der Waals surface area contributed by atoms with E-state index in [1.165, 1.54) is 0 Å². The normalized spacial score (nSPS) is 17.2. The van der Waals surface area contributed by atoms with Crippen LogP contribution in [0, 0.1) is 0 Å². The van der Waals surface area contributed by atoms with E-state index < -0.39 is 18.8 Å². The number of nitrogens with one attached hydrogen (secondary N) is 1. The predicted octanol–water partition coefficient (Wildman–Crippen LogP) is 4.97. The average molecular weight is 336 g/mol. The maximum absolute atomic E-state index is 14.1. The van der Waals surface area contributed by atoms with Gasteiger partial charge in [0.15, 0.2) is 6.67 Å². The van der Waals surface area contributed by atoms with E-state index in [4.69, 9.17) is 4.74 Å². The molecule has 0 unspecified atom stereocenters. The minimum absolute atomic E-state index is 0.105. The third-order valence-corrected chi connectivity index (χ3v) is 4.06. The molecule has 0 spiro atoms. The third kappa shape index (κ3) is 3.13. The Morgan fingerprint density at radius 3 is 2.58 bits per heavy atom. The van der Waals surface area contributed by atoms with Crippen LogP contribution in [0.3, 0.4) is 0 Å². The molecule has 0 aromatic heterocycles. The lowest BCUT2D eigenvalue weighted by atomic mass is 10.1. The molecule has 2 aromatic rings. The molecule has 0 saturated carbocycles. The number of ether oxygens (including phenoxy) is 1. The Kier molecular flexibility index (Phi) is 4.55. The van der Waals surface area contributed by atoms with E-state index in [0.29, 0.717) is 12.2 Å². The molecule has 6 heteroatoms. The molecule has 1 aliphatic heterocycles. The minimum Gasteiger partial charge on any atom is -0.489 e. The van der Waals surface area contributed by atoms with Crippen molar-refractivity contribution < 1.29 is 17.9 Å². The fourth-order valence-electron chi connectivity index (χ4n) is 2.86. The summed E-state index contributed by atoms with van der Waals surface area (Å²) in [6, 6.07) is 10.3. The highest BCUT2D eigenvalue weighted by Crippen LogP contribution is 2.42. The van der Waals surface area contributed by atoms with Crippen LogP contribution in [0.4, 0.5) is 30.2 Å². The summed E-state index contributed by atoms with van der Waals surface area (Å²) in [5.41, 5.74) is 1.82. The summed E-state index contributed by atoms with van der Waals surface area (Å²) in [4.78, 5) is 0.845. The number of hydrogen-bond acceptors (Lipinski definition) is 3. The molecule has 0 bridgehead atoms. The van der Waals surface area contributed by atoms with Crippen LogP contribution in [0.2, 0.25) is 0 Å². The number of alkyl halides is 3. The summed E-state index contributed by atoms with van der Waals surface area (Å²) in [7, 11) is 0. The van der Waals surface area contributed by atoms with Crippen LogP contribution in [0.25, 0.3) is 0 Å². The van der Waals surface area contributed by atoms with Gasteiger partial charge in [0.05, 0.1) is 11.7 Å². The highest BCUT2D eigenvalue weighted by atomic mass is 19.3. The summed E-state index contributed by atoms with van der Waals surface area (Å²) in [5.74, 6) is 0.328. The molecule has 1 N–H and O–H groups in total. The molecule has 0 amide bonds. The lowest BCUT2D eigenvalue weighted by Gasteiger charge is -2.41. The molecular weight excluding hydrogens is 317 g/mol. The van der Waals surface area contributed by atoms with E-state index in [2.05, 4.69) is 5.32 Å². The topological polar surface area (TPSA) is 24.5 Å². The third-order valence-electron chi connectivity index (χ3n) is 4.06. The van der Waals surface area contributed by atoms with Gasteiger partial charge in [-0.1, -0.05) is 25.1 Å². The number of nitrogens with zero attached hydrogens (tertiary/aromatic N) is 1. The number of halogens is 3. The zero-order chi connectivity index (χ0) is 17.2. The Morgan fingerprint density at radius 1 is 1.17 bits per heavy atom. The molecule has 0 radical (unpaired) electrons. The lowest BCUT2D eigenvalue weighted by Crippen LogP contribution is -2.54. The smallest absolute Gasteiger partial charge is 0.354 e. The summed E-state index contributed by atoms with van der Waals surface area (Å²) >= 11 is 0. The van der Waals surface area contributed by atoms with Crippen LogP contribution in [0.5, 0.6) is 5.75 Å². The minimum atomic E-state index is -3.55. The van der Waals surface area contributed by atoms with Crippen molar-refractivity contribution in [3.8, 4) is 5.75 Å². The number of hydrogen-bond donors (Lipinski definition) is 1. The van der Waals surface area contributed by atoms with Crippen LogP contribution < -0.4 is 15.0 Å². The van der Waals surface area contributed by atoms with E-state index in [-0.39, 0.29) is 12.3 Å². The molecule has 24 heavy (non-hydrogen) atoms. The first-order valence-electron chi connectivity index (χ1n) is 7.87. The van der Waals surface area contributed by atoms with Gasteiger partial charge in [-0.3, -0.25) is 0 Å². The highest BCUT2D eigenvalue weighted by molar-refractivity contribution is 5.70. The van der Waals surface area contributed by atoms with Crippen molar-refractivity contribution >= 4 is 17.1 Å². The molecule has 0 saturated heterocycles. The van der Waals surface area contributed by atoms with Crippen molar-refractivity contribution in [1.29, 1.82) is 0 Å². The van der Waals surface area contributed by atoms with Gasteiger partial charge < -0.3 is 15.0 Å². The SMILES string of the molecule is CC[C@@H]1COc2cc(Nc3ccccc3)ccc2N1C(F)(F)CF. The molecule has 128 valence electrons. The average Bonchev–Trinajstić information content (AvgIpc) is 2.61. The maximum Gasteiger partial charge on any atom is 0.354 e. The van der Waals surface area contributed by atoms with Gasteiger partial charge >= 0.3 is 6.05 Å². The van der Waals surface area contributed by atoms with Crippen molar-refractivity contribution in [2.24, 2.45) is 0 Å². The van der Waals surface area contributed by atoms with Crippen molar-refractivity contribution in [2.75, 3.05) is 23.5 Å². The Bertz CT molecular complexity index is 694. The quantitative estimate of drug-likeness (QED) is 0.780. The maximum atomic E-state index is 14.1. The number of para-hydroxylation sites is 1. The number of fused-ring (bicyclic) bond motifs is 1. The standard InChI is InChI=1S/C18H19F3N2O/c1-2-15-11-24-17-10-14(22-13-6-4-3-5-7-13)8-9-16(17)23(15)18(20,21)12-19/h3-10,15,22H,2,11-12H2,1H3/t15-/m1/s1. The first-order chi connectivity index (χ1) is 11.5. The monoisotopic (exact) mass is 336 g/mol. The Hall–Kier alpha value is -2.37. The highest BCUT2D eigenvalue weighted by Gasteiger charge is 2.44. The van der Waals surface area contributed by atoms with E-state index in [0.717, 1.165) is 16.3 Å². The molecular formula is C18H19F3N2O. The summed E-state index contributed by atoms with van der Waals surface area (Å²) < 4.78 is 46.7. The second-order valence-electron chi connectivity index (χ2n) is 5.72. The van der Waals surface area contributed by atoms with Crippen molar-refractivity contribution in [2.45, 2.75) is 25.4 Å². The Balaban J connectivity index is 1.92. The van der Waals surface area contributed by atoms with Crippen molar-refractivity contribution in [1.82, 2.24) is 0 Å². The van der Waals surface area contributed by atoms with Crippen molar-refractivity contribution in [3.05, 3.63) is 48.5 Å². The Labute approximate surface area is 139 Å².